The van der Waals surface area contributed by atoms with Crippen molar-refractivity contribution in [1.82, 2.24) is 24.2 Å². The second-order valence-corrected chi connectivity index (χ2v) is 16.6. The van der Waals surface area contributed by atoms with Gasteiger partial charge >= 0.3 is 0 Å². The summed E-state index contributed by atoms with van der Waals surface area (Å²) in [6.45, 7) is 11.4. The third-order valence-corrected chi connectivity index (χ3v) is 12.4. The summed E-state index contributed by atoms with van der Waals surface area (Å²) in [5, 5.41) is 0.817. The summed E-state index contributed by atoms with van der Waals surface area (Å²) in [6, 6.07) is 7.72. The van der Waals surface area contributed by atoms with Crippen LogP contribution in [0.15, 0.2) is 60.4 Å². The number of aromatic nitrogens is 5. The van der Waals surface area contributed by atoms with Gasteiger partial charge in [-0.05, 0) is 23.2 Å². The van der Waals surface area contributed by atoms with Crippen LogP contribution >= 0.6 is 0 Å². The first-order valence-corrected chi connectivity index (χ1v) is 15.2. The van der Waals surface area contributed by atoms with Crippen LogP contribution in [0.1, 0.15) is 20.8 Å². The van der Waals surface area contributed by atoms with Crippen LogP contribution in [-0.4, -0.2) is 47.1 Å². The Kier molecular flexibility index (Phi) is 5.29. The Balaban J connectivity index is 2.03. The lowest BCUT2D eigenvalue weighted by atomic mass is 10.1. The van der Waals surface area contributed by atoms with Crippen molar-refractivity contribution < 1.29 is 8.42 Å². The Hall–Kier alpha value is -2.91. The molecule has 0 aliphatic carbocycles. The number of sulfone groups is 1. The molecule has 0 saturated carbocycles. The summed E-state index contributed by atoms with van der Waals surface area (Å²) in [5.41, 5.74) is 4.19. The van der Waals surface area contributed by atoms with Gasteiger partial charge in [-0.1, -0.05) is 39.9 Å². The Morgan fingerprint density at radius 1 is 1.00 bits per heavy atom. The van der Waals surface area contributed by atoms with Gasteiger partial charge in [0.2, 0.25) is 15.0 Å². The molecule has 0 saturated heterocycles. The number of hydrogen-bond donors (Lipinski definition) is 0. The summed E-state index contributed by atoms with van der Waals surface area (Å²) in [5.74, 6) is 0. The molecule has 9 heteroatoms. The highest BCUT2D eigenvalue weighted by atomic mass is 32.2. The molecule has 0 unspecified atom stereocenters. The highest BCUT2D eigenvalue weighted by molar-refractivity contribution is 7.90. The second-order valence-electron chi connectivity index (χ2n) is 9.56. The van der Waals surface area contributed by atoms with Crippen molar-refractivity contribution in [3.8, 4) is 22.4 Å². The van der Waals surface area contributed by atoms with E-state index in [0.717, 1.165) is 34.0 Å². The fourth-order valence-corrected chi connectivity index (χ4v) is 5.86. The summed E-state index contributed by atoms with van der Waals surface area (Å²) < 4.78 is 26.4. The maximum Gasteiger partial charge on any atom is 0.247 e. The van der Waals surface area contributed by atoms with E-state index >= 15 is 0 Å². The predicted molar refractivity (Wildman–Crippen MR) is 130 cm³/mol. The largest absolute Gasteiger partial charge is 0.359 e. The third kappa shape index (κ3) is 3.86. The molecule has 4 heterocycles. The molecule has 7 nitrogen and oxygen atoms in total. The first-order valence-electron chi connectivity index (χ1n) is 10.3. The van der Waals surface area contributed by atoms with Gasteiger partial charge in [-0.15, -0.1) is 0 Å². The van der Waals surface area contributed by atoms with Crippen LogP contribution in [-0.2, 0) is 9.84 Å². The molecule has 0 aliphatic heterocycles. The van der Waals surface area contributed by atoms with E-state index in [2.05, 4.69) is 65.3 Å². The van der Waals surface area contributed by atoms with Gasteiger partial charge in [-0.3, -0.25) is 4.98 Å². The van der Waals surface area contributed by atoms with Crippen molar-refractivity contribution in [2.24, 2.45) is 0 Å². The van der Waals surface area contributed by atoms with Crippen molar-refractivity contribution in [2.45, 2.75) is 44.1 Å². The second kappa shape index (κ2) is 7.60. The van der Waals surface area contributed by atoms with Crippen molar-refractivity contribution in [1.29, 1.82) is 0 Å². The summed E-state index contributed by atoms with van der Waals surface area (Å²) >= 11 is 0. The number of rotatable bonds is 4. The fraction of sp³-hybridized carbons (Fsp3) is 0.304. The van der Waals surface area contributed by atoms with E-state index in [4.69, 9.17) is 4.98 Å². The fourth-order valence-electron chi connectivity index (χ4n) is 3.46. The molecule has 32 heavy (non-hydrogen) atoms. The standard InChI is InChI=1S/C23H27N5O2SSi/c1-23(2,3)32(5,6)28-15-19(20-9-11-25-22(27-20)31(4,29)30)18-12-17(14-26-21(18)28)16-8-7-10-24-13-16/h7-15H,1-6H3. The number of fused-ring (bicyclic) bond motifs is 1. The Bertz CT molecular complexity index is 1410. The minimum absolute atomic E-state index is 0.0729. The molecule has 0 atom stereocenters. The molecular weight excluding hydrogens is 438 g/mol. The van der Waals surface area contributed by atoms with Crippen molar-refractivity contribution in [3.05, 3.63) is 55.2 Å². The van der Waals surface area contributed by atoms with E-state index in [-0.39, 0.29) is 10.2 Å². The van der Waals surface area contributed by atoms with E-state index in [0.29, 0.717) is 5.69 Å². The third-order valence-electron chi connectivity index (χ3n) is 6.32. The zero-order valence-electron chi connectivity index (χ0n) is 19.2. The van der Waals surface area contributed by atoms with Gasteiger partial charge in [0.05, 0.1) is 5.69 Å². The van der Waals surface area contributed by atoms with E-state index < -0.39 is 18.1 Å². The topological polar surface area (TPSA) is 90.6 Å². The van der Waals surface area contributed by atoms with Crippen LogP contribution in [0.3, 0.4) is 0 Å². The molecular formula is C23H27N5O2SSi. The minimum Gasteiger partial charge on any atom is -0.359 e. The van der Waals surface area contributed by atoms with Gasteiger partial charge in [-0.2, -0.15) is 0 Å². The summed E-state index contributed by atoms with van der Waals surface area (Å²) in [6.07, 6.45) is 10.1. The van der Waals surface area contributed by atoms with E-state index in [1.165, 1.54) is 6.20 Å². The molecule has 0 aliphatic rings. The number of pyridine rings is 2. The smallest absolute Gasteiger partial charge is 0.247 e. The van der Waals surface area contributed by atoms with Gasteiger partial charge < -0.3 is 4.23 Å². The van der Waals surface area contributed by atoms with Gasteiger partial charge in [0.25, 0.3) is 0 Å². The summed E-state index contributed by atoms with van der Waals surface area (Å²) in [4.78, 5) is 17.4. The molecule has 166 valence electrons. The lowest BCUT2D eigenvalue weighted by Gasteiger charge is -2.38. The zero-order valence-corrected chi connectivity index (χ0v) is 21.0. The van der Waals surface area contributed by atoms with E-state index in [9.17, 15) is 8.42 Å². The molecule has 4 rings (SSSR count). The van der Waals surface area contributed by atoms with Crippen molar-refractivity contribution in [3.63, 3.8) is 0 Å². The van der Waals surface area contributed by atoms with Crippen LogP contribution in [0.4, 0.5) is 0 Å². The Labute approximate surface area is 189 Å². The molecule has 0 fully saturated rings. The van der Waals surface area contributed by atoms with Crippen LogP contribution in [0.2, 0.25) is 18.1 Å². The Morgan fingerprint density at radius 3 is 2.38 bits per heavy atom. The first-order chi connectivity index (χ1) is 14.9. The van der Waals surface area contributed by atoms with Gasteiger partial charge in [0.1, 0.15) is 5.65 Å². The highest BCUT2D eigenvalue weighted by Crippen LogP contribution is 2.41. The molecule has 0 radical (unpaired) electrons. The van der Waals surface area contributed by atoms with E-state index in [1.54, 1.807) is 18.5 Å². The normalized spacial score (nSPS) is 12.9. The average Bonchev–Trinajstić information content (AvgIpc) is 3.12. The summed E-state index contributed by atoms with van der Waals surface area (Å²) in [7, 11) is -5.55. The molecule has 0 aromatic carbocycles. The first kappa shape index (κ1) is 22.3. The Morgan fingerprint density at radius 2 is 1.75 bits per heavy atom. The van der Waals surface area contributed by atoms with Crippen molar-refractivity contribution in [2.75, 3.05) is 6.26 Å². The SMILES string of the molecule is CC(C)(C)[Si](C)(C)n1cc(-c2ccnc(S(C)(=O)=O)n2)c2cc(-c3cccnc3)cnc21. The van der Waals surface area contributed by atoms with Crippen LogP contribution in [0, 0.1) is 0 Å². The maximum atomic E-state index is 12.1. The van der Waals surface area contributed by atoms with Gasteiger partial charge in [0, 0.05) is 59.3 Å². The molecule has 4 aromatic rings. The molecule has 0 N–H and O–H groups in total. The van der Waals surface area contributed by atoms with Crippen molar-refractivity contribution >= 4 is 29.1 Å². The monoisotopic (exact) mass is 465 g/mol. The van der Waals surface area contributed by atoms with Crippen LogP contribution in [0.5, 0.6) is 0 Å². The highest BCUT2D eigenvalue weighted by Gasteiger charge is 2.39. The predicted octanol–water partition coefficient (Wildman–Crippen LogP) is 4.81. The lowest BCUT2D eigenvalue weighted by Crippen LogP contribution is -2.45. The quantitative estimate of drug-likeness (QED) is 0.317. The van der Waals surface area contributed by atoms with Crippen LogP contribution in [0.25, 0.3) is 33.4 Å². The lowest BCUT2D eigenvalue weighted by molar-refractivity contribution is 0.593. The van der Waals surface area contributed by atoms with Gasteiger partial charge in [0.15, 0.2) is 8.24 Å². The molecule has 0 spiro atoms. The van der Waals surface area contributed by atoms with E-state index in [1.807, 2.05) is 18.3 Å². The maximum absolute atomic E-state index is 12.1. The molecule has 0 bridgehead atoms. The average molecular weight is 466 g/mol. The minimum atomic E-state index is -3.53. The molecule has 4 aromatic heterocycles. The van der Waals surface area contributed by atoms with Crippen LogP contribution < -0.4 is 0 Å². The number of nitrogens with zero attached hydrogens (tertiary/aromatic N) is 5. The zero-order chi connectivity index (χ0) is 23.3. The molecule has 0 amide bonds. The number of hydrogen-bond acceptors (Lipinski definition) is 6. The van der Waals surface area contributed by atoms with Gasteiger partial charge in [-0.25, -0.2) is 23.4 Å².